The number of unbranched alkanes of at least 4 members (excludes halogenated alkanes) is 1. The van der Waals surface area contributed by atoms with Gasteiger partial charge in [-0.05, 0) is 109 Å². The summed E-state index contributed by atoms with van der Waals surface area (Å²) in [5.41, 5.74) is 17.0. The van der Waals surface area contributed by atoms with Gasteiger partial charge in [0.2, 0.25) is 17.7 Å². The Kier molecular flexibility index (Phi) is 15.3. The van der Waals surface area contributed by atoms with E-state index in [1.807, 2.05) is 66.9 Å². The highest BCUT2D eigenvalue weighted by Crippen LogP contribution is 2.40. The van der Waals surface area contributed by atoms with Crippen LogP contribution in [0.1, 0.15) is 48.8 Å². The van der Waals surface area contributed by atoms with Crippen molar-refractivity contribution in [2.45, 2.75) is 79.7 Å². The first-order chi connectivity index (χ1) is 29.7. The minimum absolute atomic E-state index is 0.112. The highest BCUT2D eigenvalue weighted by atomic mass is 35.5. The van der Waals surface area contributed by atoms with Crippen LogP contribution in [0.15, 0.2) is 89.2 Å². The molecule has 0 bridgehead atoms. The molecule has 5 aromatic rings. The topological polar surface area (TPSA) is 197 Å². The van der Waals surface area contributed by atoms with E-state index in [9.17, 15) is 14.4 Å². The Hall–Kier alpha value is -5.03. The Balaban J connectivity index is 1.30. The zero-order valence-electron chi connectivity index (χ0n) is 34.5. The van der Waals surface area contributed by atoms with E-state index in [-0.39, 0.29) is 30.7 Å². The number of nitrogens with zero attached hydrogens (tertiary/aromatic N) is 4. The fourth-order valence-corrected chi connectivity index (χ4v) is 9.24. The highest BCUT2D eigenvalue weighted by Gasteiger charge is 2.34. The van der Waals surface area contributed by atoms with Gasteiger partial charge in [-0.15, -0.1) is 0 Å². The summed E-state index contributed by atoms with van der Waals surface area (Å²) in [7, 11) is 1.64. The molecule has 2 aromatic carbocycles. The Labute approximate surface area is 365 Å². The van der Waals surface area contributed by atoms with Crippen LogP contribution in [-0.2, 0) is 38.6 Å². The van der Waals surface area contributed by atoms with Crippen LogP contribution in [0.4, 0.5) is 5.82 Å². The second-order valence-corrected chi connectivity index (χ2v) is 16.9. The first kappa shape index (κ1) is 44.0. The molecule has 3 aromatic heterocycles. The Morgan fingerprint density at radius 2 is 1.66 bits per heavy atom. The van der Waals surface area contributed by atoms with Gasteiger partial charge in [0.1, 0.15) is 22.9 Å². The number of aromatic amines is 1. The number of ether oxygens (including phenoxy) is 1. The van der Waals surface area contributed by atoms with Gasteiger partial charge < -0.3 is 46.9 Å². The first-order valence-electron chi connectivity index (χ1n) is 21.0. The minimum atomic E-state index is -0.934. The lowest BCUT2D eigenvalue weighted by Crippen LogP contribution is -2.57. The quantitative estimate of drug-likeness (QED) is 0.100. The van der Waals surface area contributed by atoms with E-state index in [0.717, 1.165) is 62.5 Å². The number of amides is 3. The zero-order valence-corrected chi connectivity index (χ0v) is 36.1. The maximum atomic E-state index is 14.7. The molecule has 2 aliphatic rings. The van der Waals surface area contributed by atoms with Crippen molar-refractivity contribution in [2.75, 3.05) is 51.3 Å². The van der Waals surface area contributed by atoms with Gasteiger partial charge >= 0.3 is 0 Å². The monoisotopic (exact) mass is 866 g/mol. The van der Waals surface area contributed by atoms with Crippen molar-refractivity contribution in [3.63, 3.8) is 0 Å². The smallest absolute Gasteiger partial charge is 0.245 e. The molecule has 0 saturated carbocycles. The average Bonchev–Trinajstić information content (AvgIpc) is 3.70. The molecule has 0 aliphatic carbocycles. The average molecular weight is 868 g/mol. The minimum Gasteiger partial charge on any atom is -0.378 e. The van der Waals surface area contributed by atoms with Crippen LogP contribution in [0.5, 0.6) is 0 Å². The second kappa shape index (κ2) is 21.2. The molecule has 0 spiro atoms. The first-order valence-corrected chi connectivity index (χ1v) is 22.2. The van der Waals surface area contributed by atoms with Gasteiger partial charge in [0.05, 0.1) is 24.3 Å². The van der Waals surface area contributed by atoms with Gasteiger partial charge in [-0.2, -0.15) is 0 Å². The molecule has 16 heteroatoms. The van der Waals surface area contributed by atoms with E-state index < -0.39 is 18.1 Å². The van der Waals surface area contributed by atoms with Crippen LogP contribution in [0.25, 0.3) is 22.0 Å². The van der Waals surface area contributed by atoms with E-state index in [2.05, 4.69) is 30.8 Å². The van der Waals surface area contributed by atoms with Gasteiger partial charge in [0.25, 0.3) is 0 Å². The number of nitrogens with two attached hydrogens (primary N) is 2. The largest absolute Gasteiger partial charge is 0.378 e. The number of anilines is 1. The SMILES string of the molecule is CN1C(=O)C(CCCCN)NC(=O)C(CCCN)NCc2cccnc2Sc2c(Cl)cc(-c3ccnc(N4CCOCC4)c3)cc2CNC(=O)C1Cc1c[nH]c2ccccc12. The second-order valence-electron chi connectivity index (χ2n) is 15.5. The summed E-state index contributed by atoms with van der Waals surface area (Å²) in [5, 5.41) is 11.8. The molecule has 3 amide bonds. The third-order valence-corrected chi connectivity index (χ3v) is 13.0. The van der Waals surface area contributed by atoms with Crippen molar-refractivity contribution in [3.05, 3.63) is 101 Å². The van der Waals surface area contributed by atoms with Crippen LogP contribution >= 0.6 is 23.4 Å². The molecule has 1 saturated heterocycles. The molecule has 322 valence electrons. The van der Waals surface area contributed by atoms with Gasteiger partial charge in [-0.25, -0.2) is 9.97 Å². The van der Waals surface area contributed by atoms with Crippen LogP contribution < -0.4 is 32.3 Å². The molecule has 5 heterocycles. The number of para-hydroxylation sites is 1. The molecule has 0 radical (unpaired) electrons. The van der Waals surface area contributed by atoms with Crippen LogP contribution in [0.2, 0.25) is 5.02 Å². The number of benzene rings is 2. The number of morpholine rings is 1. The van der Waals surface area contributed by atoms with Gasteiger partial charge in [0.15, 0.2) is 0 Å². The Morgan fingerprint density at radius 3 is 2.48 bits per heavy atom. The number of pyridine rings is 2. The molecule has 1 fully saturated rings. The summed E-state index contributed by atoms with van der Waals surface area (Å²) < 4.78 is 5.58. The fourth-order valence-electron chi connectivity index (χ4n) is 7.89. The van der Waals surface area contributed by atoms with Crippen molar-refractivity contribution >= 4 is 57.8 Å². The molecule has 7 rings (SSSR count). The molecule has 8 N–H and O–H groups in total. The Morgan fingerprint density at radius 1 is 0.852 bits per heavy atom. The van der Waals surface area contributed by atoms with E-state index in [0.29, 0.717) is 75.0 Å². The Bertz CT molecular complexity index is 2300. The van der Waals surface area contributed by atoms with Gasteiger partial charge in [-0.3, -0.25) is 14.4 Å². The number of carbonyl (C=O) groups is 3. The van der Waals surface area contributed by atoms with Crippen molar-refractivity contribution in [1.29, 1.82) is 0 Å². The maximum Gasteiger partial charge on any atom is 0.245 e. The van der Waals surface area contributed by atoms with Crippen molar-refractivity contribution in [1.82, 2.24) is 35.8 Å². The predicted octanol–water partition coefficient (Wildman–Crippen LogP) is 4.78. The van der Waals surface area contributed by atoms with Crippen molar-refractivity contribution in [2.24, 2.45) is 11.5 Å². The lowest BCUT2D eigenvalue weighted by atomic mass is 10.0. The van der Waals surface area contributed by atoms with E-state index in [1.54, 1.807) is 19.4 Å². The molecule has 3 unspecified atom stereocenters. The molecule has 14 nitrogen and oxygen atoms in total. The summed E-state index contributed by atoms with van der Waals surface area (Å²) in [5.74, 6) is -0.187. The summed E-state index contributed by atoms with van der Waals surface area (Å²) in [6, 6.07) is 17.2. The van der Waals surface area contributed by atoms with Crippen LogP contribution in [-0.4, -0.2) is 102 Å². The normalized spacial score (nSPS) is 19.5. The number of hydrogen-bond acceptors (Lipinski definition) is 11. The number of hydrogen-bond donors (Lipinski definition) is 6. The molecule has 3 atom stereocenters. The molecular formula is C45H55ClN10O4S. The number of aromatic nitrogens is 3. The number of H-pyrrole nitrogens is 1. The van der Waals surface area contributed by atoms with E-state index >= 15 is 0 Å². The number of fused-ring (bicyclic) bond motifs is 3. The summed E-state index contributed by atoms with van der Waals surface area (Å²) in [6.07, 6.45) is 8.33. The van der Waals surface area contributed by atoms with Crippen LogP contribution in [0.3, 0.4) is 0 Å². The van der Waals surface area contributed by atoms with Crippen molar-refractivity contribution < 1.29 is 19.1 Å². The third kappa shape index (κ3) is 10.9. The number of likely N-dealkylation sites (N-methyl/N-ethyl adjacent to an activating group) is 1. The van der Waals surface area contributed by atoms with E-state index in [1.165, 1.54) is 16.7 Å². The van der Waals surface area contributed by atoms with Crippen molar-refractivity contribution in [3.8, 4) is 11.1 Å². The zero-order chi connectivity index (χ0) is 42.7. The number of rotatable bonds is 11. The fraction of sp³-hybridized carbons (Fsp3) is 0.400. The van der Waals surface area contributed by atoms with Gasteiger partial charge in [-0.1, -0.05) is 47.6 Å². The molecule has 2 aliphatic heterocycles. The van der Waals surface area contributed by atoms with E-state index in [4.69, 9.17) is 32.8 Å². The third-order valence-electron chi connectivity index (χ3n) is 11.4. The molecule has 61 heavy (non-hydrogen) atoms. The molecular weight excluding hydrogens is 812 g/mol. The number of nitrogens with one attached hydrogen (secondary N) is 4. The predicted molar refractivity (Wildman–Crippen MR) is 240 cm³/mol. The lowest BCUT2D eigenvalue weighted by Gasteiger charge is -2.32. The van der Waals surface area contributed by atoms with Crippen LogP contribution in [0, 0.1) is 0 Å². The summed E-state index contributed by atoms with van der Waals surface area (Å²) >= 11 is 8.66. The summed E-state index contributed by atoms with van der Waals surface area (Å²) in [4.78, 5) is 60.7. The standard InChI is InChI=1S/C45H55ClN10O4S/c1-55-39(24-32-27-51-36-10-3-2-9-34(32)36)43(58)53-28-33-22-31(29-13-17-49-40(25-29)56-18-20-60-21-19-56)23-35(46)41(33)61-44-30(8-7-16-50-44)26-52-37(12-6-15-48)42(57)54-38(45(55)59)11-4-5-14-47/h2-3,7-10,13,16-17,22-23,25,27,37-39,51-52H,4-6,11-12,14-15,18-21,24,26,28,47-48H2,1H3,(H,53,58)(H,54,57). The van der Waals surface area contributed by atoms with Gasteiger partial charge in [0, 0.05) is 74.0 Å². The lowest BCUT2D eigenvalue weighted by molar-refractivity contribution is -0.142. The highest BCUT2D eigenvalue weighted by molar-refractivity contribution is 7.99. The number of halogens is 1. The number of carbonyl (C=O) groups excluding carboxylic acids is 3. The maximum absolute atomic E-state index is 14.7. The summed E-state index contributed by atoms with van der Waals surface area (Å²) in [6.45, 7) is 4.04.